The molecule has 0 aliphatic carbocycles. The maximum atomic E-state index is 11.2. The van der Waals surface area contributed by atoms with Crippen molar-refractivity contribution in [3.63, 3.8) is 0 Å². The molecule has 21 heavy (non-hydrogen) atoms. The van der Waals surface area contributed by atoms with Crippen LogP contribution in [0.25, 0.3) is 11.0 Å². The molecule has 0 radical (unpaired) electrons. The summed E-state index contributed by atoms with van der Waals surface area (Å²) in [6.07, 6.45) is 3.21. The summed E-state index contributed by atoms with van der Waals surface area (Å²) in [5.41, 5.74) is 1.39. The third-order valence-corrected chi connectivity index (χ3v) is 3.23. The normalized spacial score (nSPS) is 10.8. The molecule has 0 atom stereocenters. The first-order chi connectivity index (χ1) is 10.1. The largest absolute Gasteiger partial charge is 0.478 e. The van der Waals surface area contributed by atoms with Crippen LogP contribution >= 0.6 is 11.6 Å². The monoisotopic (exact) mass is 303 g/mol. The molecule has 106 valence electrons. The zero-order chi connectivity index (χ0) is 15.0. The second-order valence-corrected chi connectivity index (χ2v) is 4.82. The SMILES string of the molecule is Cn1cnc2c(Oc3cc(Cl)ccc3C(=O)O)nccc21. The van der Waals surface area contributed by atoms with Gasteiger partial charge in [0.25, 0.3) is 0 Å². The Kier molecular flexibility index (Phi) is 3.23. The number of pyridine rings is 1. The average Bonchev–Trinajstić information content (AvgIpc) is 2.82. The maximum absolute atomic E-state index is 11.2. The van der Waals surface area contributed by atoms with Crippen molar-refractivity contribution in [3.05, 3.63) is 47.4 Å². The summed E-state index contributed by atoms with van der Waals surface area (Å²) < 4.78 is 7.45. The molecule has 0 saturated heterocycles. The van der Waals surface area contributed by atoms with E-state index in [-0.39, 0.29) is 17.2 Å². The minimum absolute atomic E-state index is 0.00846. The molecular weight excluding hydrogens is 294 g/mol. The van der Waals surface area contributed by atoms with E-state index in [0.29, 0.717) is 10.5 Å². The van der Waals surface area contributed by atoms with Gasteiger partial charge in [0.05, 0.1) is 11.8 Å². The third kappa shape index (κ3) is 2.41. The Labute approximate surface area is 124 Å². The Morgan fingerprint density at radius 1 is 1.33 bits per heavy atom. The van der Waals surface area contributed by atoms with E-state index in [2.05, 4.69) is 9.97 Å². The molecule has 6 nitrogen and oxygen atoms in total. The van der Waals surface area contributed by atoms with Gasteiger partial charge in [-0.3, -0.25) is 0 Å². The number of aromatic carboxylic acids is 1. The first-order valence-electron chi connectivity index (χ1n) is 6.03. The van der Waals surface area contributed by atoms with Crippen LogP contribution in [0.15, 0.2) is 36.8 Å². The van der Waals surface area contributed by atoms with Crippen molar-refractivity contribution in [3.8, 4) is 11.6 Å². The average molecular weight is 304 g/mol. The number of nitrogens with zero attached hydrogens (tertiary/aromatic N) is 3. The van der Waals surface area contributed by atoms with Crippen LogP contribution in [-0.2, 0) is 7.05 Å². The summed E-state index contributed by atoms with van der Waals surface area (Å²) >= 11 is 5.90. The predicted octanol–water partition coefficient (Wildman–Crippen LogP) is 3.11. The van der Waals surface area contributed by atoms with Gasteiger partial charge in [-0.15, -0.1) is 0 Å². The maximum Gasteiger partial charge on any atom is 0.339 e. The Balaban J connectivity index is 2.10. The van der Waals surface area contributed by atoms with Crippen molar-refractivity contribution in [1.29, 1.82) is 0 Å². The summed E-state index contributed by atoms with van der Waals surface area (Å²) in [7, 11) is 1.85. The fourth-order valence-electron chi connectivity index (χ4n) is 1.97. The van der Waals surface area contributed by atoms with E-state index in [9.17, 15) is 9.90 Å². The molecule has 0 spiro atoms. The number of carboxylic acids is 1. The molecule has 1 N–H and O–H groups in total. The number of fused-ring (bicyclic) bond motifs is 1. The number of hydrogen-bond donors (Lipinski definition) is 1. The van der Waals surface area contributed by atoms with Gasteiger partial charge < -0.3 is 14.4 Å². The molecule has 0 aliphatic heterocycles. The van der Waals surface area contributed by atoms with Crippen molar-refractivity contribution in [2.24, 2.45) is 7.05 Å². The molecule has 3 rings (SSSR count). The Bertz CT molecular complexity index is 845. The first-order valence-corrected chi connectivity index (χ1v) is 6.41. The number of carboxylic acid groups (broad SMARTS) is 1. The second-order valence-electron chi connectivity index (χ2n) is 4.39. The molecule has 0 saturated carbocycles. The lowest BCUT2D eigenvalue weighted by Crippen LogP contribution is -2.01. The quantitative estimate of drug-likeness (QED) is 0.804. The summed E-state index contributed by atoms with van der Waals surface area (Å²) in [5.74, 6) is -0.742. The highest BCUT2D eigenvalue weighted by Crippen LogP contribution is 2.30. The first kappa shape index (κ1) is 13.4. The van der Waals surface area contributed by atoms with Crippen molar-refractivity contribution >= 4 is 28.6 Å². The lowest BCUT2D eigenvalue weighted by Gasteiger charge is -2.08. The number of benzene rings is 1. The molecule has 0 amide bonds. The molecular formula is C14H10ClN3O3. The minimum atomic E-state index is -1.10. The van der Waals surface area contributed by atoms with Gasteiger partial charge in [0.1, 0.15) is 11.3 Å². The number of halogens is 1. The number of imidazole rings is 1. The highest BCUT2D eigenvalue weighted by molar-refractivity contribution is 6.30. The summed E-state index contributed by atoms with van der Waals surface area (Å²) in [5, 5.41) is 9.57. The lowest BCUT2D eigenvalue weighted by molar-refractivity contribution is 0.0694. The molecule has 0 aliphatic rings. The van der Waals surface area contributed by atoms with Crippen LogP contribution in [0.4, 0.5) is 0 Å². The molecule has 7 heteroatoms. The Morgan fingerprint density at radius 2 is 2.14 bits per heavy atom. The van der Waals surface area contributed by atoms with Gasteiger partial charge in [-0.2, -0.15) is 0 Å². The van der Waals surface area contributed by atoms with Crippen LogP contribution in [0.2, 0.25) is 5.02 Å². The molecule has 0 unspecified atom stereocenters. The summed E-state index contributed by atoms with van der Waals surface area (Å²) in [4.78, 5) is 19.5. The van der Waals surface area contributed by atoms with E-state index < -0.39 is 5.97 Å². The van der Waals surface area contributed by atoms with Crippen LogP contribution in [0.5, 0.6) is 11.6 Å². The van der Waals surface area contributed by atoms with Crippen molar-refractivity contribution < 1.29 is 14.6 Å². The molecule has 3 aromatic rings. The predicted molar refractivity (Wildman–Crippen MR) is 77.0 cm³/mol. The molecule has 0 bridgehead atoms. The molecule has 2 heterocycles. The van der Waals surface area contributed by atoms with Crippen LogP contribution in [0.1, 0.15) is 10.4 Å². The fourth-order valence-corrected chi connectivity index (χ4v) is 2.14. The molecule has 2 aromatic heterocycles. The Hall–Kier alpha value is -2.60. The standard InChI is InChI=1S/C14H10ClN3O3/c1-18-7-17-12-10(18)4-5-16-13(12)21-11-6-8(15)2-3-9(11)14(19)20/h2-7H,1H3,(H,19,20). The third-order valence-electron chi connectivity index (χ3n) is 2.99. The van der Waals surface area contributed by atoms with Gasteiger partial charge in [0.15, 0.2) is 5.52 Å². The van der Waals surface area contributed by atoms with Gasteiger partial charge in [0, 0.05) is 24.3 Å². The van der Waals surface area contributed by atoms with E-state index in [1.165, 1.54) is 18.2 Å². The van der Waals surface area contributed by atoms with Gasteiger partial charge in [-0.1, -0.05) is 11.6 Å². The zero-order valence-electron chi connectivity index (χ0n) is 10.9. The van der Waals surface area contributed by atoms with E-state index in [4.69, 9.17) is 16.3 Å². The van der Waals surface area contributed by atoms with Gasteiger partial charge in [-0.25, -0.2) is 14.8 Å². The Morgan fingerprint density at radius 3 is 2.90 bits per heavy atom. The van der Waals surface area contributed by atoms with E-state index >= 15 is 0 Å². The summed E-state index contributed by atoms with van der Waals surface area (Å²) in [6, 6.07) is 6.12. The lowest BCUT2D eigenvalue weighted by atomic mass is 10.2. The fraction of sp³-hybridized carbons (Fsp3) is 0.0714. The van der Waals surface area contributed by atoms with Crippen molar-refractivity contribution in [2.75, 3.05) is 0 Å². The molecule has 0 fully saturated rings. The van der Waals surface area contributed by atoms with E-state index in [1.54, 1.807) is 18.6 Å². The number of rotatable bonds is 3. The van der Waals surface area contributed by atoms with Gasteiger partial charge >= 0.3 is 5.97 Å². The summed E-state index contributed by atoms with van der Waals surface area (Å²) in [6.45, 7) is 0. The topological polar surface area (TPSA) is 77.2 Å². The van der Waals surface area contributed by atoms with Gasteiger partial charge in [-0.05, 0) is 18.2 Å². The van der Waals surface area contributed by atoms with Crippen molar-refractivity contribution in [2.45, 2.75) is 0 Å². The van der Waals surface area contributed by atoms with Crippen LogP contribution < -0.4 is 4.74 Å². The number of hydrogen-bond acceptors (Lipinski definition) is 4. The van der Waals surface area contributed by atoms with Crippen LogP contribution in [0.3, 0.4) is 0 Å². The highest BCUT2D eigenvalue weighted by Gasteiger charge is 2.15. The van der Waals surface area contributed by atoms with Crippen LogP contribution in [0, 0.1) is 0 Å². The minimum Gasteiger partial charge on any atom is -0.478 e. The zero-order valence-corrected chi connectivity index (χ0v) is 11.7. The molecule has 1 aromatic carbocycles. The number of ether oxygens (including phenoxy) is 1. The van der Waals surface area contributed by atoms with Gasteiger partial charge in [0.2, 0.25) is 5.88 Å². The number of aryl methyl sites for hydroxylation is 1. The number of aromatic nitrogens is 3. The van der Waals surface area contributed by atoms with E-state index in [0.717, 1.165) is 5.52 Å². The van der Waals surface area contributed by atoms with Crippen molar-refractivity contribution in [1.82, 2.24) is 14.5 Å². The highest BCUT2D eigenvalue weighted by atomic mass is 35.5. The van der Waals surface area contributed by atoms with Crippen LogP contribution in [-0.4, -0.2) is 25.6 Å². The van der Waals surface area contributed by atoms with E-state index in [1.807, 2.05) is 11.6 Å². The number of carbonyl (C=O) groups is 1. The second kappa shape index (κ2) is 5.06. The smallest absolute Gasteiger partial charge is 0.339 e.